The van der Waals surface area contributed by atoms with E-state index in [9.17, 15) is 24.3 Å². The van der Waals surface area contributed by atoms with Crippen molar-refractivity contribution in [1.82, 2.24) is 35.7 Å². The molecule has 3 rings (SSSR count). The predicted octanol–water partition coefficient (Wildman–Crippen LogP) is 1.70. The standard InChI is InChI=1S/C34H53N7O6/c1-23(2)16-29-33(45)39-32(25(5)42)34(46)37-12-6-7-14-40(20-27-19-35-22-41(27)24(3)4)15-9-13-36-31(44)21-47-28-11-8-10-26(17-28)18-30(43)38-29/h8,10-11,17,19,22-25,29,32,42H,6-7,9,12-16,18,20-21H2,1-5H3,(H,36,44)(H,37,46)(H,38,43)(H,39,45)/t25-,29-,32+/m1/s1. The topological polar surface area (TPSA) is 167 Å². The lowest BCUT2D eigenvalue weighted by atomic mass is 10.0. The molecule has 0 fully saturated rings. The zero-order valence-corrected chi connectivity index (χ0v) is 28.5. The van der Waals surface area contributed by atoms with Gasteiger partial charge >= 0.3 is 0 Å². The first-order chi connectivity index (χ1) is 22.4. The molecule has 0 radical (unpaired) electrons. The Balaban J connectivity index is 1.75. The first-order valence-electron chi connectivity index (χ1n) is 16.7. The van der Waals surface area contributed by atoms with Gasteiger partial charge in [0, 0.05) is 38.4 Å². The Kier molecular flexibility index (Phi) is 15.2. The van der Waals surface area contributed by atoms with E-state index in [0.29, 0.717) is 43.8 Å². The second-order valence-electron chi connectivity index (χ2n) is 13.0. The number of nitrogens with zero attached hydrogens (tertiary/aromatic N) is 3. The maximum Gasteiger partial charge on any atom is 0.257 e. The maximum absolute atomic E-state index is 13.3. The Morgan fingerprint density at radius 2 is 1.68 bits per heavy atom. The third-order valence-electron chi connectivity index (χ3n) is 7.92. The number of carbonyl (C=O) groups excluding carboxylic acids is 4. The lowest BCUT2D eigenvalue weighted by Gasteiger charge is -2.26. The van der Waals surface area contributed by atoms with Crippen LogP contribution in [0.5, 0.6) is 5.75 Å². The molecule has 5 N–H and O–H groups in total. The number of carbonyl (C=O) groups is 4. The van der Waals surface area contributed by atoms with E-state index in [4.69, 9.17) is 4.74 Å². The van der Waals surface area contributed by atoms with Gasteiger partial charge in [0.15, 0.2) is 6.61 Å². The zero-order valence-electron chi connectivity index (χ0n) is 28.5. The summed E-state index contributed by atoms with van der Waals surface area (Å²) >= 11 is 0. The highest BCUT2D eigenvalue weighted by Crippen LogP contribution is 2.15. The molecule has 0 saturated heterocycles. The van der Waals surface area contributed by atoms with Gasteiger partial charge in [-0.15, -0.1) is 0 Å². The number of aromatic nitrogens is 2. The number of aliphatic hydroxyl groups is 1. The van der Waals surface area contributed by atoms with Crippen molar-refractivity contribution in [3.63, 3.8) is 0 Å². The number of amides is 4. The van der Waals surface area contributed by atoms with Crippen LogP contribution in [0.25, 0.3) is 0 Å². The van der Waals surface area contributed by atoms with Gasteiger partial charge < -0.3 is 35.7 Å². The van der Waals surface area contributed by atoms with Gasteiger partial charge in [-0.25, -0.2) is 4.98 Å². The predicted molar refractivity (Wildman–Crippen MR) is 178 cm³/mol. The molecule has 1 aromatic heterocycles. The molecular weight excluding hydrogens is 602 g/mol. The number of rotatable bonds is 6. The first-order valence-corrected chi connectivity index (χ1v) is 16.7. The SMILES string of the molecule is CC(C)C[C@H]1NC(=O)Cc2cccc(c2)OCC(=O)NCCCN(Cc2cncn2C(C)C)CCCCNC(=O)[C@H]([C@@H](C)O)NC1=O. The van der Waals surface area contributed by atoms with E-state index in [0.717, 1.165) is 31.6 Å². The molecule has 13 nitrogen and oxygen atoms in total. The summed E-state index contributed by atoms with van der Waals surface area (Å²) in [4.78, 5) is 58.5. The van der Waals surface area contributed by atoms with Crippen LogP contribution in [-0.4, -0.2) is 94.2 Å². The average Bonchev–Trinajstić information content (AvgIpc) is 3.48. The highest BCUT2D eigenvalue weighted by Gasteiger charge is 2.30. The molecule has 2 heterocycles. The first kappa shape index (κ1) is 37.5. The van der Waals surface area contributed by atoms with Gasteiger partial charge in [-0.3, -0.25) is 24.1 Å². The molecule has 13 heteroatoms. The summed E-state index contributed by atoms with van der Waals surface area (Å²) in [7, 11) is 0. The van der Waals surface area contributed by atoms with Crippen LogP contribution >= 0.6 is 0 Å². The number of hydrogen-bond acceptors (Lipinski definition) is 8. The van der Waals surface area contributed by atoms with Crippen molar-refractivity contribution in [2.75, 3.05) is 32.8 Å². The van der Waals surface area contributed by atoms with E-state index in [-0.39, 0.29) is 36.8 Å². The molecule has 0 aliphatic carbocycles. The Hall–Kier alpha value is -3.97. The van der Waals surface area contributed by atoms with Crippen molar-refractivity contribution >= 4 is 23.6 Å². The van der Waals surface area contributed by atoms with Crippen molar-refractivity contribution in [1.29, 1.82) is 0 Å². The molecule has 2 bridgehead atoms. The Labute approximate surface area is 278 Å². The summed E-state index contributed by atoms with van der Waals surface area (Å²) in [5, 5.41) is 21.6. The summed E-state index contributed by atoms with van der Waals surface area (Å²) in [5.41, 5.74) is 1.75. The van der Waals surface area contributed by atoms with Crippen molar-refractivity contribution in [3.8, 4) is 5.75 Å². The maximum atomic E-state index is 13.3. The number of nitrogens with one attached hydrogen (secondary N) is 4. The van der Waals surface area contributed by atoms with Gasteiger partial charge in [-0.1, -0.05) is 26.0 Å². The number of imidazole rings is 1. The van der Waals surface area contributed by atoms with E-state index in [1.54, 1.807) is 24.3 Å². The molecule has 2 aromatic rings. The molecule has 1 aliphatic heterocycles. The molecule has 1 aromatic carbocycles. The number of ether oxygens (including phenoxy) is 1. The van der Waals surface area contributed by atoms with Crippen LogP contribution in [0.4, 0.5) is 0 Å². The molecule has 1 aliphatic rings. The van der Waals surface area contributed by atoms with Crippen LogP contribution in [0.1, 0.15) is 77.6 Å². The van der Waals surface area contributed by atoms with Gasteiger partial charge in [0.2, 0.25) is 17.7 Å². The van der Waals surface area contributed by atoms with Gasteiger partial charge in [-0.05, 0) is 76.6 Å². The fourth-order valence-electron chi connectivity index (χ4n) is 5.47. The van der Waals surface area contributed by atoms with Crippen LogP contribution < -0.4 is 26.0 Å². The molecular formula is C34H53N7O6. The van der Waals surface area contributed by atoms with Crippen molar-refractivity contribution < 1.29 is 29.0 Å². The number of benzene rings is 1. The molecule has 47 heavy (non-hydrogen) atoms. The van der Waals surface area contributed by atoms with Crippen molar-refractivity contribution in [2.45, 2.75) is 97.5 Å². The summed E-state index contributed by atoms with van der Waals surface area (Å²) in [6, 6.07) is 5.12. The minimum absolute atomic E-state index is 0.0138. The third-order valence-corrected chi connectivity index (χ3v) is 7.92. The van der Waals surface area contributed by atoms with E-state index >= 15 is 0 Å². The largest absolute Gasteiger partial charge is 0.484 e. The lowest BCUT2D eigenvalue weighted by molar-refractivity contribution is -0.134. The average molecular weight is 656 g/mol. The minimum atomic E-state index is -1.17. The highest BCUT2D eigenvalue weighted by atomic mass is 16.5. The van der Waals surface area contributed by atoms with Crippen LogP contribution in [-0.2, 0) is 32.1 Å². The zero-order chi connectivity index (χ0) is 34.3. The van der Waals surface area contributed by atoms with E-state index < -0.39 is 30.0 Å². The van der Waals surface area contributed by atoms with E-state index in [1.165, 1.54) is 6.92 Å². The van der Waals surface area contributed by atoms with Crippen molar-refractivity contribution in [3.05, 3.63) is 48.0 Å². The normalized spacial score (nSPS) is 21.2. The molecule has 260 valence electrons. The molecule has 0 unspecified atom stereocenters. The van der Waals surface area contributed by atoms with Crippen LogP contribution in [0.15, 0.2) is 36.8 Å². The summed E-state index contributed by atoms with van der Waals surface area (Å²) < 4.78 is 7.85. The smallest absolute Gasteiger partial charge is 0.257 e. The lowest BCUT2D eigenvalue weighted by Crippen LogP contribution is -2.57. The second-order valence-corrected chi connectivity index (χ2v) is 13.0. The van der Waals surface area contributed by atoms with Gasteiger partial charge in [0.05, 0.1) is 24.5 Å². The molecule has 0 spiro atoms. The van der Waals surface area contributed by atoms with Gasteiger partial charge in [0.1, 0.15) is 17.8 Å². The van der Waals surface area contributed by atoms with Gasteiger partial charge in [-0.2, -0.15) is 0 Å². The van der Waals surface area contributed by atoms with Crippen LogP contribution in [0, 0.1) is 5.92 Å². The summed E-state index contributed by atoms with van der Waals surface area (Å²) in [6.45, 7) is 12.5. The van der Waals surface area contributed by atoms with Crippen molar-refractivity contribution in [2.24, 2.45) is 5.92 Å². The fourth-order valence-corrected chi connectivity index (χ4v) is 5.47. The number of hydrogen-bond donors (Lipinski definition) is 5. The quantitative estimate of drug-likeness (QED) is 0.314. The summed E-state index contributed by atoms with van der Waals surface area (Å²) in [5.74, 6) is -1.11. The monoisotopic (exact) mass is 655 g/mol. The second kappa shape index (κ2) is 19.0. The fraction of sp³-hybridized carbons (Fsp3) is 0.618. The molecule has 4 amide bonds. The highest BCUT2D eigenvalue weighted by molar-refractivity contribution is 5.92. The number of fused-ring (bicyclic) bond motifs is 2. The molecule has 3 atom stereocenters. The Bertz CT molecular complexity index is 1310. The number of aliphatic hydroxyl groups excluding tert-OH is 1. The van der Waals surface area contributed by atoms with E-state index in [1.807, 2.05) is 26.4 Å². The minimum Gasteiger partial charge on any atom is -0.484 e. The van der Waals surface area contributed by atoms with E-state index in [2.05, 4.69) is 49.6 Å². The van der Waals surface area contributed by atoms with Crippen LogP contribution in [0.2, 0.25) is 0 Å². The summed E-state index contributed by atoms with van der Waals surface area (Å²) in [6.07, 6.45) is 5.12. The Morgan fingerprint density at radius 1 is 0.936 bits per heavy atom. The Morgan fingerprint density at radius 3 is 2.40 bits per heavy atom. The van der Waals surface area contributed by atoms with Gasteiger partial charge in [0.25, 0.3) is 5.91 Å². The third kappa shape index (κ3) is 13.0. The van der Waals surface area contributed by atoms with Crippen LogP contribution in [0.3, 0.4) is 0 Å². The molecule has 0 saturated carbocycles.